The molecule has 0 rings (SSSR count). The van der Waals surface area contributed by atoms with Gasteiger partial charge in [-0.15, -0.1) is 0 Å². The van der Waals surface area contributed by atoms with Crippen LogP contribution in [-0.4, -0.2) is 35.0 Å². The van der Waals surface area contributed by atoms with Gasteiger partial charge in [-0.2, -0.15) is 11.8 Å². The molecule has 0 aromatic carbocycles. The van der Waals surface area contributed by atoms with Crippen molar-refractivity contribution < 1.29 is 10.0 Å². The number of amides is 1. The van der Waals surface area contributed by atoms with Gasteiger partial charge in [0.05, 0.1) is 5.92 Å². The van der Waals surface area contributed by atoms with Crippen molar-refractivity contribution in [2.24, 2.45) is 16.8 Å². The highest BCUT2D eigenvalue weighted by Crippen LogP contribution is 2.05. The average molecular weight is 247 g/mol. The minimum absolute atomic E-state index is 0.0305. The molecular formula is C10H21N3O2S. The SMILES string of the molecule is CCC(C(=O)NC(C)CCSC)C(N)=NO. The normalized spacial score (nSPS) is 15.6. The van der Waals surface area contributed by atoms with Gasteiger partial charge in [0.1, 0.15) is 0 Å². The van der Waals surface area contributed by atoms with E-state index in [9.17, 15) is 4.79 Å². The van der Waals surface area contributed by atoms with Crippen LogP contribution in [0.5, 0.6) is 0 Å². The van der Waals surface area contributed by atoms with Crippen molar-refractivity contribution in [3.8, 4) is 0 Å². The summed E-state index contributed by atoms with van der Waals surface area (Å²) < 4.78 is 0. The molecule has 0 radical (unpaired) electrons. The van der Waals surface area contributed by atoms with E-state index in [4.69, 9.17) is 10.9 Å². The lowest BCUT2D eigenvalue weighted by Gasteiger charge is -2.18. The van der Waals surface area contributed by atoms with Gasteiger partial charge < -0.3 is 16.3 Å². The molecule has 0 saturated heterocycles. The Morgan fingerprint density at radius 1 is 1.62 bits per heavy atom. The lowest BCUT2D eigenvalue weighted by Crippen LogP contribution is -2.42. The number of rotatable bonds is 7. The van der Waals surface area contributed by atoms with E-state index in [1.165, 1.54) is 0 Å². The van der Waals surface area contributed by atoms with Crippen LogP contribution in [-0.2, 0) is 4.79 Å². The first kappa shape index (κ1) is 15.1. The first-order chi connectivity index (χ1) is 7.56. The number of carbonyl (C=O) groups is 1. The van der Waals surface area contributed by atoms with Gasteiger partial charge in [-0.05, 0) is 31.8 Å². The molecule has 0 aliphatic rings. The molecular weight excluding hydrogens is 226 g/mol. The smallest absolute Gasteiger partial charge is 0.231 e. The predicted octanol–water partition coefficient (Wildman–Crippen LogP) is 1.02. The quantitative estimate of drug-likeness (QED) is 0.271. The van der Waals surface area contributed by atoms with E-state index in [1.807, 2.05) is 20.1 Å². The molecule has 0 saturated carbocycles. The first-order valence-electron chi connectivity index (χ1n) is 5.33. The van der Waals surface area contributed by atoms with Crippen LogP contribution in [0.2, 0.25) is 0 Å². The fraction of sp³-hybridized carbons (Fsp3) is 0.800. The summed E-state index contributed by atoms with van der Waals surface area (Å²) in [4.78, 5) is 11.8. The third-order valence-corrected chi connectivity index (χ3v) is 2.98. The van der Waals surface area contributed by atoms with Gasteiger partial charge >= 0.3 is 0 Å². The minimum atomic E-state index is -0.540. The summed E-state index contributed by atoms with van der Waals surface area (Å²) in [7, 11) is 0. The molecule has 0 aromatic heterocycles. The standard InChI is InChI=1S/C10H21N3O2S/c1-4-8(9(11)13-15)10(14)12-7(2)5-6-16-3/h7-8,15H,4-6H2,1-3H3,(H2,11,13)(H,12,14). The van der Waals surface area contributed by atoms with Crippen molar-refractivity contribution in [2.45, 2.75) is 32.7 Å². The third-order valence-electron chi connectivity index (χ3n) is 2.34. The monoisotopic (exact) mass is 247 g/mol. The van der Waals surface area contributed by atoms with E-state index < -0.39 is 5.92 Å². The van der Waals surface area contributed by atoms with Crippen LogP contribution in [0.1, 0.15) is 26.7 Å². The maximum atomic E-state index is 11.8. The fourth-order valence-corrected chi connectivity index (χ4v) is 1.90. The van der Waals surface area contributed by atoms with Crippen LogP contribution in [0.3, 0.4) is 0 Å². The summed E-state index contributed by atoms with van der Waals surface area (Å²) in [6.07, 6.45) is 3.47. The van der Waals surface area contributed by atoms with E-state index >= 15 is 0 Å². The number of oxime groups is 1. The van der Waals surface area contributed by atoms with Gasteiger partial charge in [0, 0.05) is 6.04 Å². The van der Waals surface area contributed by atoms with Crippen LogP contribution >= 0.6 is 11.8 Å². The molecule has 0 heterocycles. The highest BCUT2D eigenvalue weighted by Gasteiger charge is 2.22. The summed E-state index contributed by atoms with van der Waals surface area (Å²) >= 11 is 1.74. The number of hydrogen-bond acceptors (Lipinski definition) is 4. The van der Waals surface area contributed by atoms with Crippen molar-refractivity contribution in [3.05, 3.63) is 0 Å². The maximum absolute atomic E-state index is 11.8. The van der Waals surface area contributed by atoms with Gasteiger partial charge in [-0.3, -0.25) is 4.79 Å². The molecule has 0 fully saturated rings. The number of carbonyl (C=O) groups excluding carboxylic acids is 1. The Balaban J connectivity index is 4.21. The summed E-state index contributed by atoms with van der Waals surface area (Å²) in [5.74, 6) is 0.257. The molecule has 4 N–H and O–H groups in total. The number of thioether (sulfide) groups is 1. The molecule has 1 amide bonds. The summed E-state index contributed by atoms with van der Waals surface area (Å²) in [6.45, 7) is 3.78. The molecule has 6 heteroatoms. The minimum Gasteiger partial charge on any atom is -0.409 e. The third kappa shape index (κ3) is 5.25. The van der Waals surface area contributed by atoms with Gasteiger partial charge in [-0.1, -0.05) is 12.1 Å². The molecule has 5 nitrogen and oxygen atoms in total. The summed E-state index contributed by atoms with van der Waals surface area (Å²) in [5, 5.41) is 14.3. The number of nitrogens with zero attached hydrogens (tertiary/aromatic N) is 1. The van der Waals surface area contributed by atoms with E-state index in [0.717, 1.165) is 12.2 Å². The fourth-order valence-electron chi connectivity index (χ4n) is 1.31. The van der Waals surface area contributed by atoms with E-state index in [0.29, 0.717) is 6.42 Å². The summed E-state index contributed by atoms with van der Waals surface area (Å²) in [6, 6.07) is 0.112. The second-order valence-electron chi connectivity index (χ2n) is 3.68. The molecule has 94 valence electrons. The predicted molar refractivity (Wildman–Crippen MR) is 67.8 cm³/mol. The van der Waals surface area contributed by atoms with E-state index in [2.05, 4.69) is 10.5 Å². The maximum Gasteiger partial charge on any atom is 0.231 e. The lowest BCUT2D eigenvalue weighted by atomic mass is 10.0. The van der Waals surface area contributed by atoms with Crippen LogP contribution in [0, 0.1) is 5.92 Å². The molecule has 0 aliphatic carbocycles. The Kier molecular flexibility index (Phi) is 7.80. The molecule has 0 spiro atoms. The van der Waals surface area contributed by atoms with E-state index in [-0.39, 0.29) is 17.8 Å². The molecule has 0 aliphatic heterocycles. The van der Waals surface area contributed by atoms with Crippen molar-refractivity contribution in [1.29, 1.82) is 0 Å². The number of amidine groups is 1. The molecule has 2 atom stereocenters. The van der Waals surface area contributed by atoms with Crippen molar-refractivity contribution in [3.63, 3.8) is 0 Å². The second kappa shape index (κ2) is 8.27. The number of nitrogens with two attached hydrogens (primary N) is 1. The molecule has 16 heavy (non-hydrogen) atoms. The topological polar surface area (TPSA) is 87.7 Å². The Morgan fingerprint density at radius 2 is 2.25 bits per heavy atom. The van der Waals surface area contributed by atoms with Gasteiger partial charge in [0.15, 0.2) is 5.84 Å². The molecule has 0 bridgehead atoms. The van der Waals surface area contributed by atoms with Crippen LogP contribution < -0.4 is 11.1 Å². The van der Waals surface area contributed by atoms with Gasteiger partial charge in [-0.25, -0.2) is 0 Å². The zero-order valence-electron chi connectivity index (χ0n) is 10.1. The Morgan fingerprint density at radius 3 is 2.69 bits per heavy atom. The van der Waals surface area contributed by atoms with Crippen LogP contribution in [0.4, 0.5) is 0 Å². The second-order valence-corrected chi connectivity index (χ2v) is 4.66. The summed E-state index contributed by atoms with van der Waals surface area (Å²) in [5.41, 5.74) is 5.44. The average Bonchev–Trinajstić information content (AvgIpc) is 2.26. The van der Waals surface area contributed by atoms with Gasteiger partial charge in [0.25, 0.3) is 0 Å². The lowest BCUT2D eigenvalue weighted by molar-refractivity contribution is -0.123. The molecule has 0 aromatic rings. The molecule has 2 unspecified atom stereocenters. The Hall–Kier alpha value is -0.910. The van der Waals surface area contributed by atoms with Gasteiger partial charge in [0.2, 0.25) is 5.91 Å². The Bertz CT molecular complexity index is 246. The first-order valence-corrected chi connectivity index (χ1v) is 6.72. The zero-order valence-corrected chi connectivity index (χ0v) is 10.9. The van der Waals surface area contributed by atoms with Crippen molar-refractivity contribution >= 4 is 23.5 Å². The highest BCUT2D eigenvalue weighted by atomic mass is 32.2. The van der Waals surface area contributed by atoms with E-state index in [1.54, 1.807) is 11.8 Å². The Labute approximate surface area is 101 Å². The van der Waals surface area contributed by atoms with Crippen molar-refractivity contribution in [1.82, 2.24) is 5.32 Å². The van der Waals surface area contributed by atoms with Crippen LogP contribution in [0.25, 0.3) is 0 Å². The zero-order chi connectivity index (χ0) is 12.6. The highest BCUT2D eigenvalue weighted by molar-refractivity contribution is 7.98. The van der Waals surface area contributed by atoms with Crippen LogP contribution in [0.15, 0.2) is 5.16 Å². The number of nitrogens with one attached hydrogen (secondary N) is 1. The largest absolute Gasteiger partial charge is 0.409 e. The van der Waals surface area contributed by atoms with Crippen molar-refractivity contribution in [2.75, 3.05) is 12.0 Å². The number of hydrogen-bond donors (Lipinski definition) is 3.